The number of carbonyl (C=O) groups excluding carboxylic acids is 1. The zero-order valence-corrected chi connectivity index (χ0v) is 17.2. The third-order valence-electron chi connectivity index (χ3n) is 3.87. The van der Waals surface area contributed by atoms with Crippen molar-refractivity contribution in [3.63, 3.8) is 0 Å². The van der Waals surface area contributed by atoms with Crippen LogP contribution in [-0.4, -0.2) is 26.8 Å². The molecule has 6 nitrogen and oxygen atoms in total. The molecule has 0 spiro atoms. The predicted molar refractivity (Wildman–Crippen MR) is 112 cm³/mol. The lowest BCUT2D eigenvalue weighted by molar-refractivity contribution is -0.113. The van der Waals surface area contributed by atoms with E-state index in [1.54, 1.807) is 24.3 Å². The number of aromatic amines is 1. The van der Waals surface area contributed by atoms with Gasteiger partial charge >= 0.3 is 0 Å². The van der Waals surface area contributed by atoms with Crippen molar-refractivity contribution in [2.75, 3.05) is 11.1 Å². The summed E-state index contributed by atoms with van der Waals surface area (Å²) in [7, 11) is 0. The number of nitrogens with zero attached hydrogens (tertiary/aromatic N) is 2. The number of anilines is 1. The Morgan fingerprint density at radius 2 is 2.04 bits per heavy atom. The highest BCUT2D eigenvalue weighted by Gasteiger charge is 2.09. The highest BCUT2D eigenvalue weighted by atomic mass is 35.5. The van der Waals surface area contributed by atoms with Gasteiger partial charge in [-0.05, 0) is 47.9 Å². The summed E-state index contributed by atoms with van der Waals surface area (Å²) in [4.78, 5) is 16.5. The van der Waals surface area contributed by atoms with Gasteiger partial charge in [-0.15, -0.1) is 5.10 Å². The number of nitrogens with one attached hydrogen (secondary N) is 2. The lowest BCUT2D eigenvalue weighted by atomic mass is 10.0. The largest absolute Gasteiger partial charge is 0.486 e. The molecule has 0 saturated heterocycles. The number of carbonyl (C=O) groups is 1. The zero-order chi connectivity index (χ0) is 19.9. The predicted octanol–water partition coefficient (Wildman–Crippen LogP) is 4.89. The summed E-state index contributed by atoms with van der Waals surface area (Å²) in [6, 6.07) is 15.0. The first kappa shape index (κ1) is 20.2. The van der Waals surface area contributed by atoms with E-state index in [0.717, 1.165) is 5.69 Å². The van der Waals surface area contributed by atoms with Gasteiger partial charge < -0.3 is 10.1 Å². The minimum absolute atomic E-state index is 0.102. The molecule has 0 aliphatic rings. The average Bonchev–Trinajstić information content (AvgIpc) is 3.14. The molecule has 1 amide bonds. The molecule has 0 bridgehead atoms. The molecule has 0 aliphatic carbocycles. The minimum atomic E-state index is -0.102. The van der Waals surface area contributed by atoms with E-state index >= 15 is 0 Å². The normalized spacial score (nSPS) is 10.9. The van der Waals surface area contributed by atoms with Crippen LogP contribution in [0.5, 0.6) is 5.75 Å². The van der Waals surface area contributed by atoms with E-state index in [-0.39, 0.29) is 18.3 Å². The number of hydrogen-bond donors (Lipinski definition) is 2. The van der Waals surface area contributed by atoms with Crippen LogP contribution in [0.25, 0.3) is 0 Å². The SMILES string of the molecule is CC(C)c1cccc(NC(=O)CSc2n[nH]c(COc3ccc(Cl)cc3)n2)c1. The minimum Gasteiger partial charge on any atom is -0.486 e. The maximum absolute atomic E-state index is 12.2. The van der Waals surface area contributed by atoms with Crippen LogP contribution in [0.15, 0.2) is 53.7 Å². The molecule has 2 N–H and O–H groups in total. The molecule has 0 saturated carbocycles. The third-order valence-corrected chi connectivity index (χ3v) is 4.97. The molecule has 0 aliphatic heterocycles. The quantitative estimate of drug-likeness (QED) is 0.511. The van der Waals surface area contributed by atoms with E-state index < -0.39 is 0 Å². The molecule has 0 radical (unpaired) electrons. The molecule has 0 atom stereocenters. The Morgan fingerprint density at radius 3 is 2.79 bits per heavy atom. The first-order chi connectivity index (χ1) is 13.5. The van der Waals surface area contributed by atoms with Crippen molar-refractivity contribution in [3.8, 4) is 5.75 Å². The number of ether oxygens (including phenoxy) is 1. The second kappa shape index (κ2) is 9.61. The smallest absolute Gasteiger partial charge is 0.234 e. The van der Waals surface area contributed by atoms with Gasteiger partial charge in [-0.25, -0.2) is 4.98 Å². The van der Waals surface area contributed by atoms with Gasteiger partial charge in [0, 0.05) is 10.7 Å². The van der Waals surface area contributed by atoms with E-state index in [1.807, 2.05) is 18.2 Å². The summed E-state index contributed by atoms with van der Waals surface area (Å²) in [6.45, 7) is 4.49. The molecule has 28 heavy (non-hydrogen) atoms. The number of hydrogen-bond acceptors (Lipinski definition) is 5. The molecule has 3 aromatic rings. The molecular weight excluding hydrogens is 396 g/mol. The van der Waals surface area contributed by atoms with Gasteiger partial charge in [0.15, 0.2) is 5.82 Å². The van der Waals surface area contributed by atoms with E-state index in [9.17, 15) is 4.79 Å². The van der Waals surface area contributed by atoms with Crippen molar-refractivity contribution < 1.29 is 9.53 Å². The number of aromatic nitrogens is 3. The molecule has 1 aromatic heterocycles. The lowest BCUT2D eigenvalue weighted by Gasteiger charge is -2.09. The fourth-order valence-electron chi connectivity index (χ4n) is 2.39. The summed E-state index contributed by atoms with van der Waals surface area (Å²) in [6.07, 6.45) is 0. The maximum atomic E-state index is 12.2. The topological polar surface area (TPSA) is 79.9 Å². The van der Waals surface area contributed by atoms with Crippen molar-refractivity contribution >= 4 is 35.0 Å². The van der Waals surface area contributed by atoms with Gasteiger partial charge in [0.05, 0.1) is 5.75 Å². The summed E-state index contributed by atoms with van der Waals surface area (Å²) >= 11 is 7.11. The second-order valence-corrected chi connectivity index (χ2v) is 7.80. The Morgan fingerprint density at radius 1 is 1.25 bits per heavy atom. The van der Waals surface area contributed by atoms with Gasteiger partial charge in [0.25, 0.3) is 0 Å². The highest BCUT2D eigenvalue weighted by Crippen LogP contribution is 2.20. The number of benzene rings is 2. The average molecular weight is 417 g/mol. The number of amides is 1. The third kappa shape index (κ3) is 6.00. The monoisotopic (exact) mass is 416 g/mol. The second-order valence-electron chi connectivity index (χ2n) is 6.42. The highest BCUT2D eigenvalue weighted by molar-refractivity contribution is 7.99. The van der Waals surface area contributed by atoms with Crippen molar-refractivity contribution in [2.24, 2.45) is 0 Å². The van der Waals surface area contributed by atoms with Crippen molar-refractivity contribution in [3.05, 3.63) is 64.9 Å². The standard InChI is InChI=1S/C20H21ClN4O2S/c1-13(2)14-4-3-5-16(10-14)22-19(26)12-28-20-23-18(24-25-20)11-27-17-8-6-15(21)7-9-17/h3-10,13H,11-12H2,1-2H3,(H,22,26)(H,23,24,25). The van der Waals surface area contributed by atoms with Gasteiger partial charge in [0.1, 0.15) is 12.4 Å². The van der Waals surface area contributed by atoms with Crippen molar-refractivity contribution in [1.29, 1.82) is 0 Å². The molecule has 0 unspecified atom stereocenters. The molecule has 146 valence electrons. The molecule has 8 heteroatoms. The zero-order valence-electron chi connectivity index (χ0n) is 15.6. The van der Waals surface area contributed by atoms with Crippen LogP contribution in [0.3, 0.4) is 0 Å². The summed E-state index contributed by atoms with van der Waals surface area (Å²) in [5.41, 5.74) is 1.98. The molecule has 1 heterocycles. The van der Waals surface area contributed by atoms with Gasteiger partial charge in [-0.3, -0.25) is 9.89 Å². The van der Waals surface area contributed by atoms with Crippen LogP contribution < -0.4 is 10.1 Å². The van der Waals surface area contributed by atoms with Crippen LogP contribution in [0.4, 0.5) is 5.69 Å². The number of thioether (sulfide) groups is 1. The fourth-order valence-corrected chi connectivity index (χ4v) is 3.14. The van der Waals surface area contributed by atoms with E-state index in [4.69, 9.17) is 16.3 Å². The maximum Gasteiger partial charge on any atom is 0.234 e. The fraction of sp³-hybridized carbons (Fsp3) is 0.250. The Labute approximate surface area is 173 Å². The Bertz CT molecular complexity index is 928. The Kier molecular flexibility index (Phi) is 6.95. The van der Waals surface area contributed by atoms with E-state index in [0.29, 0.717) is 27.7 Å². The van der Waals surface area contributed by atoms with E-state index in [2.05, 4.69) is 40.4 Å². The molecule has 2 aromatic carbocycles. The van der Waals surface area contributed by atoms with Gasteiger partial charge in [-0.1, -0.05) is 49.3 Å². The Hall–Kier alpha value is -2.51. The van der Waals surface area contributed by atoms with Gasteiger partial charge in [0.2, 0.25) is 11.1 Å². The first-order valence-electron chi connectivity index (χ1n) is 8.82. The number of rotatable bonds is 8. The first-order valence-corrected chi connectivity index (χ1v) is 10.2. The number of H-pyrrole nitrogens is 1. The van der Waals surface area contributed by atoms with Crippen molar-refractivity contribution in [1.82, 2.24) is 15.2 Å². The molecular formula is C20H21ClN4O2S. The Balaban J connectivity index is 1.46. The summed E-state index contributed by atoms with van der Waals surface area (Å²) in [5, 5.41) is 11.0. The van der Waals surface area contributed by atoms with Crippen LogP contribution >= 0.6 is 23.4 Å². The van der Waals surface area contributed by atoms with Crippen molar-refractivity contribution in [2.45, 2.75) is 31.5 Å². The van der Waals surface area contributed by atoms with Crippen LogP contribution in [-0.2, 0) is 11.4 Å². The lowest BCUT2D eigenvalue weighted by Crippen LogP contribution is -2.14. The number of halogens is 1. The molecule has 3 rings (SSSR count). The van der Waals surface area contributed by atoms with Gasteiger partial charge in [-0.2, -0.15) is 0 Å². The van der Waals surface area contributed by atoms with Crippen LogP contribution in [0.2, 0.25) is 5.02 Å². The summed E-state index contributed by atoms with van der Waals surface area (Å²) < 4.78 is 5.61. The van der Waals surface area contributed by atoms with Crippen LogP contribution in [0.1, 0.15) is 31.2 Å². The molecule has 0 fully saturated rings. The van der Waals surface area contributed by atoms with Crippen LogP contribution in [0, 0.1) is 0 Å². The van der Waals surface area contributed by atoms with E-state index in [1.165, 1.54) is 17.3 Å². The summed E-state index contributed by atoms with van der Waals surface area (Å²) in [5.74, 6) is 1.81.